The van der Waals surface area contributed by atoms with E-state index in [0.29, 0.717) is 10.3 Å². The summed E-state index contributed by atoms with van der Waals surface area (Å²) in [5.41, 5.74) is 1.20. The Morgan fingerprint density at radius 2 is 1.94 bits per heavy atom. The van der Waals surface area contributed by atoms with Crippen molar-refractivity contribution in [1.29, 1.82) is 0 Å². The fraction of sp³-hybridized carbons (Fsp3) is 0.308. The van der Waals surface area contributed by atoms with Crippen molar-refractivity contribution in [1.82, 2.24) is 4.98 Å². The van der Waals surface area contributed by atoms with Crippen molar-refractivity contribution >= 4 is 22.9 Å². The molecule has 2 nitrogen and oxygen atoms in total. The van der Waals surface area contributed by atoms with Crippen LogP contribution in [-0.2, 0) is 5.41 Å². The molecule has 90 valence electrons. The van der Waals surface area contributed by atoms with Crippen molar-refractivity contribution in [2.75, 3.05) is 0 Å². The molecule has 0 aliphatic rings. The maximum absolute atomic E-state index is 5.78. The summed E-state index contributed by atoms with van der Waals surface area (Å²) in [6.07, 6.45) is 0. The quantitative estimate of drug-likeness (QED) is 0.773. The third-order valence-corrected chi connectivity index (χ3v) is 3.39. The van der Waals surface area contributed by atoms with Crippen LogP contribution in [0.5, 0.6) is 10.9 Å². The van der Waals surface area contributed by atoms with E-state index in [2.05, 4.69) is 31.8 Å². The SMILES string of the molecule is CC(C)(C)c1ccccc1Oc1nc(Cl)cs1. The third kappa shape index (κ3) is 2.99. The Hall–Kier alpha value is -1.06. The van der Waals surface area contributed by atoms with E-state index in [0.717, 1.165) is 11.3 Å². The van der Waals surface area contributed by atoms with Gasteiger partial charge in [-0.2, -0.15) is 4.98 Å². The van der Waals surface area contributed by atoms with Gasteiger partial charge in [-0.05, 0) is 11.5 Å². The summed E-state index contributed by atoms with van der Waals surface area (Å²) in [4.78, 5) is 4.09. The zero-order valence-corrected chi connectivity index (χ0v) is 11.6. The molecule has 4 heteroatoms. The summed E-state index contributed by atoms with van der Waals surface area (Å²) in [6, 6.07) is 8.00. The highest BCUT2D eigenvalue weighted by atomic mass is 35.5. The minimum absolute atomic E-state index is 0.0393. The second-order valence-electron chi connectivity index (χ2n) is 4.78. The predicted octanol–water partition coefficient (Wildman–Crippen LogP) is 4.89. The Labute approximate surface area is 110 Å². The van der Waals surface area contributed by atoms with Crippen molar-refractivity contribution in [3.63, 3.8) is 0 Å². The van der Waals surface area contributed by atoms with E-state index >= 15 is 0 Å². The van der Waals surface area contributed by atoms with Crippen LogP contribution in [0.2, 0.25) is 5.15 Å². The first-order valence-electron chi connectivity index (χ1n) is 5.35. The van der Waals surface area contributed by atoms with Crippen LogP contribution >= 0.6 is 22.9 Å². The number of rotatable bonds is 2. The Morgan fingerprint density at radius 3 is 2.53 bits per heavy atom. The molecular weight excluding hydrogens is 254 g/mol. The molecule has 2 aromatic rings. The minimum atomic E-state index is 0.0393. The monoisotopic (exact) mass is 267 g/mol. The normalized spacial score (nSPS) is 11.5. The van der Waals surface area contributed by atoms with Gasteiger partial charge in [0, 0.05) is 10.9 Å². The molecule has 1 heterocycles. The number of para-hydroxylation sites is 1. The van der Waals surface area contributed by atoms with Gasteiger partial charge in [-0.1, -0.05) is 61.9 Å². The Bertz CT molecular complexity index is 516. The lowest BCUT2D eigenvalue weighted by Gasteiger charge is -2.21. The molecule has 0 radical (unpaired) electrons. The third-order valence-electron chi connectivity index (χ3n) is 2.35. The average molecular weight is 268 g/mol. The highest BCUT2D eigenvalue weighted by molar-refractivity contribution is 7.11. The van der Waals surface area contributed by atoms with Gasteiger partial charge in [-0.15, -0.1) is 0 Å². The standard InChI is InChI=1S/C13H14ClNOS/c1-13(2,3)9-6-4-5-7-10(9)16-12-15-11(14)8-17-12/h4-8H,1-3H3. The van der Waals surface area contributed by atoms with Crippen LogP contribution in [0.1, 0.15) is 26.3 Å². The highest BCUT2D eigenvalue weighted by Gasteiger charge is 2.19. The van der Waals surface area contributed by atoms with Crippen LogP contribution in [-0.4, -0.2) is 4.98 Å². The van der Waals surface area contributed by atoms with Gasteiger partial charge < -0.3 is 4.74 Å². The van der Waals surface area contributed by atoms with Crippen molar-refractivity contribution < 1.29 is 4.74 Å². The molecule has 0 N–H and O–H groups in total. The Balaban J connectivity index is 2.33. The van der Waals surface area contributed by atoms with Crippen LogP contribution in [0.25, 0.3) is 0 Å². The second-order valence-corrected chi connectivity index (χ2v) is 5.99. The van der Waals surface area contributed by atoms with Gasteiger partial charge in [0.05, 0.1) is 0 Å². The summed E-state index contributed by atoms with van der Waals surface area (Å²) in [5, 5.41) is 2.81. The van der Waals surface area contributed by atoms with Gasteiger partial charge in [0.2, 0.25) is 0 Å². The first kappa shape index (κ1) is 12.4. The molecule has 0 spiro atoms. The van der Waals surface area contributed by atoms with Gasteiger partial charge in [0.15, 0.2) is 0 Å². The van der Waals surface area contributed by atoms with Crippen LogP contribution in [0.4, 0.5) is 0 Å². The smallest absolute Gasteiger partial charge is 0.280 e. The summed E-state index contributed by atoms with van der Waals surface area (Å²) < 4.78 is 5.78. The van der Waals surface area contributed by atoms with Gasteiger partial charge in [0.1, 0.15) is 10.9 Å². The number of aromatic nitrogens is 1. The van der Waals surface area contributed by atoms with Gasteiger partial charge in [-0.3, -0.25) is 0 Å². The molecule has 0 saturated heterocycles. The van der Waals surface area contributed by atoms with Gasteiger partial charge in [0.25, 0.3) is 5.19 Å². The predicted molar refractivity (Wildman–Crippen MR) is 72.3 cm³/mol. The first-order chi connectivity index (χ1) is 7.97. The summed E-state index contributed by atoms with van der Waals surface area (Å²) in [6.45, 7) is 6.47. The molecule has 0 unspecified atom stereocenters. The van der Waals surface area contributed by atoms with E-state index in [1.807, 2.05) is 18.2 Å². The molecule has 0 aliphatic carbocycles. The number of ether oxygens (including phenoxy) is 1. The van der Waals surface area contributed by atoms with Gasteiger partial charge in [-0.25, -0.2) is 0 Å². The Morgan fingerprint density at radius 1 is 1.24 bits per heavy atom. The zero-order chi connectivity index (χ0) is 12.5. The van der Waals surface area contributed by atoms with Crippen molar-refractivity contribution in [2.45, 2.75) is 26.2 Å². The van der Waals surface area contributed by atoms with Crippen LogP contribution in [0, 0.1) is 0 Å². The second kappa shape index (κ2) is 4.67. The van der Waals surface area contributed by atoms with Crippen molar-refractivity contribution in [3.8, 4) is 10.9 Å². The lowest BCUT2D eigenvalue weighted by Crippen LogP contribution is -2.12. The van der Waals surface area contributed by atoms with Crippen LogP contribution in [0.15, 0.2) is 29.6 Å². The lowest BCUT2D eigenvalue weighted by molar-refractivity contribution is 0.452. The van der Waals surface area contributed by atoms with Crippen LogP contribution < -0.4 is 4.74 Å². The molecule has 17 heavy (non-hydrogen) atoms. The number of benzene rings is 1. The van der Waals surface area contributed by atoms with E-state index in [1.54, 1.807) is 5.38 Å². The fourth-order valence-electron chi connectivity index (χ4n) is 1.56. The summed E-state index contributed by atoms with van der Waals surface area (Å²) in [5.74, 6) is 0.839. The highest BCUT2D eigenvalue weighted by Crippen LogP contribution is 2.35. The van der Waals surface area contributed by atoms with Gasteiger partial charge >= 0.3 is 0 Å². The molecule has 1 aromatic heterocycles. The summed E-state index contributed by atoms with van der Waals surface area (Å²) in [7, 11) is 0. The zero-order valence-electron chi connectivity index (χ0n) is 10.0. The van der Waals surface area contributed by atoms with E-state index in [9.17, 15) is 0 Å². The molecule has 0 bridgehead atoms. The van der Waals surface area contributed by atoms with E-state index in [1.165, 1.54) is 11.3 Å². The van der Waals surface area contributed by atoms with Crippen molar-refractivity contribution in [2.24, 2.45) is 0 Å². The van der Waals surface area contributed by atoms with Crippen LogP contribution in [0.3, 0.4) is 0 Å². The number of halogens is 1. The van der Waals surface area contributed by atoms with E-state index in [-0.39, 0.29) is 5.41 Å². The molecule has 0 amide bonds. The maximum Gasteiger partial charge on any atom is 0.280 e. The molecule has 0 aliphatic heterocycles. The average Bonchev–Trinajstić information content (AvgIpc) is 2.63. The molecular formula is C13H14ClNOS. The van der Waals surface area contributed by atoms with E-state index < -0.39 is 0 Å². The lowest BCUT2D eigenvalue weighted by atomic mass is 9.86. The molecule has 0 saturated carbocycles. The topological polar surface area (TPSA) is 22.1 Å². The Kier molecular flexibility index (Phi) is 3.40. The largest absolute Gasteiger partial charge is 0.431 e. The number of hydrogen-bond donors (Lipinski definition) is 0. The number of hydrogen-bond acceptors (Lipinski definition) is 3. The fourth-order valence-corrected chi connectivity index (χ4v) is 2.36. The molecule has 1 aromatic carbocycles. The summed E-state index contributed by atoms with van der Waals surface area (Å²) >= 11 is 7.17. The number of thiazole rings is 1. The van der Waals surface area contributed by atoms with E-state index in [4.69, 9.17) is 16.3 Å². The molecule has 0 fully saturated rings. The van der Waals surface area contributed by atoms with Crippen molar-refractivity contribution in [3.05, 3.63) is 40.4 Å². The molecule has 2 rings (SSSR count). The maximum atomic E-state index is 5.78. The number of nitrogens with zero attached hydrogens (tertiary/aromatic N) is 1. The first-order valence-corrected chi connectivity index (χ1v) is 6.61. The molecule has 0 atom stereocenters. The minimum Gasteiger partial charge on any atom is -0.431 e.